The van der Waals surface area contributed by atoms with Crippen LogP contribution in [0.4, 0.5) is 0 Å². The van der Waals surface area contributed by atoms with Crippen molar-refractivity contribution in [3.63, 3.8) is 0 Å². The molecule has 0 aromatic heterocycles. The summed E-state index contributed by atoms with van der Waals surface area (Å²) in [5, 5.41) is 0. The molecule has 0 amide bonds. The molecule has 1 atom stereocenters. The molecule has 0 spiro atoms. The normalized spacial score (nSPS) is 23.1. The predicted octanol–water partition coefficient (Wildman–Crippen LogP) is 2.84. The highest BCUT2D eigenvalue weighted by Gasteiger charge is 2.29. The standard InChI is InChI=1S/C12H11ClO2/c13-7-6-10-8-11(15-12(10)14)9-4-2-1-3-5-9/h1-6,11H,7-8H2/b10-6+. The van der Waals surface area contributed by atoms with Crippen molar-refractivity contribution in [3.8, 4) is 0 Å². The summed E-state index contributed by atoms with van der Waals surface area (Å²) in [4.78, 5) is 11.4. The fourth-order valence-electron chi connectivity index (χ4n) is 1.64. The van der Waals surface area contributed by atoms with Crippen LogP contribution in [0.25, 0.3) is 0 Å². The maximum Gasteiger partial charge on any atom is 0.334 e. The van der Waals surface area contributed by atoms with Crippen molar-refractivity contribution < 1.29 is 9.53 Å². The number of hydrogen-bond acceptors (Lipinski definition) is 2. The molecule has 78 valence electrons. The number of ether oxygens (including phenoxy) is 1. The lowest BCUT2D eigenvalue weighted by Gasteiger charge is -2.07. The molecule has 0 aliphatic carbocycles. The number of rotatable bonds is 2. The van der Waals surface area contributed by atoms with E-state index in [-0.39, 0.29) is 12.1 Å². The fourth-order valence-corrected chi connectivity index (χ4v) is 1.83. The highest BCUT2D eigenvalue weighted by molar-refractivity contribution is 6.19. The van der Waals surface area contributed by atoms with Crippen LogP contribution in [0.2, 0.25) is 0 Å². The van der Waals surface area contributed by atoms with Gasteiger partial charge in [0.2, 0.25) is 0 Å². The predicted molar refractivity (Wildman–Crippen MR) is 58.7 cm³/mol. The lowest BCUT2D eigenvalue weighted by molar-refractivity contribution is -0.139. The Balaban J connectivity index is 2.16. The van der Waals surface area contributed by atoms with Gasteiger partial charge in [0.15, 0.2) is 0 Å². The zero-order valence-corrected chi connectivity index (χ0v) is 8.91. The van der Waals surface area contributed by atoms with Gasteiger partial charge in [-0.05, 0) is 5.56 Å². The average molecular weight is 223 g/mol. The fraction of sp³-hybridized carbons (Fsp3) is 0.250. The summed E-state index contributed by atoms with van der Waals surface area (Å²) in [5.41, 5.74) is 1.71. The van der Waals surface area contributed by atoms with Gasteiger partial charge in [-0.2, -0.15) is 0 Å². The Morgan fingerprint density at radius 2 is 2.13 bits per heavy atom. The second kappa shape index (κ2) is 4.49. The molecular formula is C12H11ClO2. The van der Waals surface area contributed by atoms with E-state index in [4.69, 9.17) is 16.3 Å². The summed E-state index contributed by atoms with van der Waals surface area (Å²) in [6, 6.07) is 9.73. The third-order valence-corrected chi connectivity index (χ3v) is 2.57. The van der Waals surface area contributed by atoms with Gasteiger partial charge in [0.25, 0.3) is 0 Å². The number of carbonyl (C=O) groups excluding carboxylic acids is 1. The number of esters is 1. The van der Waals surface area contributed by atoms with Crippen LogP contribution in [0.3, 0.4) is 0 Å². The maximum absolute atomic E-state index is 11.4. The molecule has 0 saturated carbocycles. The molecule has 3 heteroatoms. The van der Waals surface area contributed by atoms with E-state index in [2.05, 4.69) is 0 Å². The first-order valence-corrected chi connectivity index (χ1v) is 5.35. The van der Waals surface area contributed by atoms with Crippen molar-refractivity contribution in [1.29, 1.82) is 0 Å². The largest absolute Gasteiger partial charge is 0.454 e. The summed E-state index contributed by atoms with van der Waals surface area (Å²) >= 11 is 5.56. The zero-order chi connectivity index (χ0) is 10.7. The summed E-state index contributed by atoms with van der Waals surface area (Å²) in [6.45, 7) is 0. The van der Waals surface area contributed by atoms with Crippen molar-refractivity contribution in [1.82, 2.24) is 0 Å². The lowest BCUT2D eigenvalue weighted by atomic mass is 10.0. The van der Waals surface area contributed by atoms with Gasteiger partial charge in [-0.1, -0.05) is 36.4 Å². The smallest absolute Gasteiger partial charge is 0.334 e. The molecule has 1 heterocycles. The zero-order valence-electron chi connectivity index (χ0n) is 8.15. The van der Waals surface area contributed by atoms with Gasteiger partial charge in [-0.3, -0.25) is 0 Å². The summed E-state index contributed by atoms with van der Waals surface area (Å²) in [7, 11) is 0. The minimum atomic E-state index is -0.246. The number of hydrogen-bond donors (Lipinski definition) is 0. The Labute approximate surface area is 93.5 Å². The van der Waals surface area contributed by atoms with Crippen molar-refractivity contribution >= 4 is 17.6 Å². The molecule has 1 aliphatic rings. The van der Waals surface area contributed by atoms with E-state index >= 15 is 0 Å². The molecule has 0 bridgehead atoms. The van der Waals surface area contributed by atoms with Crippen molar-refractivity contribution in [3.05, 3.63) is 47.5 Å². The molecule has 1 saturated heterocycles. The molecule has 1 aromatic rings. The minimum Gasteiger partial charge on any atom is -0.454 e. The van der Waals surface area contributed by atoms with E-state index in [0.717, 1.165) is 5.56 Å². The van der Waals surface area contributed by atoms with Crippen LogP contribution in [0.5, 0.6) is 0 Å². The Kier molecular flexibility index (Phi) is 3.07. The van der Waals surface area contributed by atoms with E-state index in [0.29, 0.717) is 17.9 Å². The van der Waals surface area contributed by atoms with Crippen molar-refractivity contribution in [2.24, 2.45) is 0 Å². The minimum absolute atomic E-state index is 0.145. The van der Waals surface area contributed by atoms with Gasteiger partial charge in [0.05, 0.1) is 0 Å². The Morgan fingerprint density at radius 3 is 2.80 bits per heavy atom. The van der Waals surface area contributed by atoms with E-state index in [1.807, 2.05) is 30.3 Å². The van der Waals surface area contributed by atoms with Crippen molar-refractivity contribution in [2.45, 2.75) is 12.5 Å². The molecule has 1 fully saturated rings. The van der Waals surface area contributed by atoms with Gasteiger partial charge in [-0.25, -0.2) is 4.79 Å². The van der Waals surface area contributed by atoms with Gasteiger partial charge < -0.3 is 4.74 Å². The molecule has 1 aliphatic heterocycles. The number of halogens is 1. The SMILES string of the molecule is O=C1OC(c2ccccc2)C/C1=C\CCl. The van der Waals surface area contributed by atoms with Crippen LogP contribution >= 0.6 is 11.6 Å². The second-order valence-electron chi connectivity index (χ2n) is 3.39. The maximum atomic E-state index is 11.4. The molecule has 2 nitrogen and oxygen atoms in total. The summed E-state index contributed by atoms with van der Waals surface area (Å²) < 4.78 is 5.25. The van der Waals surface area contributed by atoms with Crippen molar-refractivity contribution in [2.75, 3.05) is 5.88 Å². The summed E-state index contributed by atoms with van der Waals surface area (Å²) in [6.07, 6.45) is 2.19. The number of benzene rings is 1. The lowest BCUT2D eigenvalue weighted by Crippen LogP contribution is -1.98. The number of carbonyl (C=O) groups is 1. The highest BCUT2D eigenvalue weighted by Crippen LogP contribution is 2.32. The molecular weight excluding hydrogens is 212 g/mol. The van der Waals surface area contributed by atoms with Crippen LogP contribution in [-0.4, -0.2) is 11.8 Å². The van der Waals surface area contributed by atoms with Crippen LogP contribution < -0.4 is 0 Å². The van der Waals surface area contributed by atoms with E-state index in [1.165, 1.54) is 0 Å². The molecule has 0 radical (unpaired) electrons. The van der Waals surface area contributed by atoms with Crippen LogP contribution in [0, 0.1) is 0 Å². The quantitative estimate of drug-likeness (QED) is 0.437. The molecule has 15 heavy (non-hydrogen) atoms. The Morgan fingerprint density at radius 1 is 1.40 bits per heavy atom. The monoisotopic (exact) mass is 222 g/mol. The van der Waals surface area contributed by atoms with Gasteiger partial charge in [0, 0.05) is 17.9 Å². The van der Waals surface area contributed by atoms with E-state index in [9.17, 15) is 4.79 Å². The first-order chi connectivity index (χ1) is 7.31. The molecule has 1 aromatic carbocycles. The second-order valence-corrected chi connectivity index (χ2v) is 3.70. The average Bonchev–Trinajstić information content (AvgIpc) is 2.63. The van der Waals surface area contributed by atoms with Gasteiger partial charge >= 0.3 is 5.97 Å². The van der Waals surface area contributed by atoms with Crippen LogP contribution in [0.1, 0.15) is 18.1 Å². The number of alkyl halides is 1. The third-order valence-electron chi connectivity index (χ3n) is 2.41. The molecule has 1 unspecified atom stereocenters. The van der Waals surface area contributed by atoms with Gasteiger partial charge in [0.1, 0.15) is 6.10 Å². The Hall–Kier alpha value is -1.28. The number of allylic oxidation sites excluding steroid dienone is 1. The van der Waals surface area contributed by atoms with Crippen LogP contribution in [-0.2, 0) is 9.53 Å². The third kappa shape index (κ3) is 2.21. The first kappa shape index (κ1) is 10.2. The topological polar surface area (TPSA) is 26.3 Å². The van der Waals surface area contributed by atoms with Crippen LogP contribution in [0.15, 0.2) is 42.0 Å². The van der Waals surface area contributed by atoms with E-state index < -0.39 is 0 Å². The summed E-state index contributed by atoms with van der Waals surface area (Å²) in [5.74, 6) is 0.107. The van der Waals surface area contributed by atoms with Gasteiger partial charge in [-0.15, -0.1) is 11.6 Å². The first-order valence-electron chi connectivity index (χ1n) is 4.82. The highest BCUT2D eigenvalue weighted by atomic mass is 35.5. The molecule has 0 N–H and O–H groups in total. The Bertz CT molecular complexity index is 384. The van der Waals surface area contributed by atoms with E-state index in [1.54, 1.807) is 6.08 Å². The number of cyclic esters (lactones) is 1. The molecule has 2 rings (SSSR count).